The summed E-state index contributed by atoms with van der Waals surface area (Å²) in [4.78, 5) is 38.0. The minimum absolute atomic E-state index is 0.0458. The Bertz CT molecular complexity index is 838. The second-order valence-electron chi connectivity index (χ2n) is 9.76. The molecule has 3 atom stereocenters. The number of rotatable bonds is 12. The van der Waals surface area contributed by atoms with Crippen molar-refractivity contribution in [3.63, 3.8) is 0 Å². The Hall–Kier alpha value is -2.55. The Morgan fingerprint density at radius 2 is 1.69 bits per heavy atom. The third-order valence-electron chi connectivity index (χ3n) is 6.19. The van der Waals surface area contributed by atoms with Crippen molar-refractivity contribution in [2.45, 2.75) is 90.3 Å². The van der Waals surface area contributed by atoms with E-state index in [1.165, 1.54) is 0 Å². The lowest BCUT2D eigenvalue weighted by molar-refractivity contribution is -0.155. The number of amides is 2. The summed E-state index contributed by atoms with van der Waals surface area (Å²) in [6.07, 6.45) is 4.10. The fourth-order valence-corrected chi connectivity index (χ4v) is 4.57. The highest BCUT2D eigenvalue weighted by molar-refractivity contribution is 5.89. The molecule has 0 spiro atoms. The first-order valence-electron chi connectivity index (χ1n) is 12.5. The highest BCUT2D eigenvalue weighted by Gasteiger charge is 2.33. The molecule has 1 aromatic carbocycles. The summed E-state index contributed by atoms with van der Waals surface area (Å²) in [6.45, 7) is 5.52. The van der Waals surface area contributed by atoms with Crippen molar-refractivity contribution in [3.05, 3.63) is 35.4 Å². The topological polar surface area (TPSA) is 105 Å². The molecule has 1 fully saturated rings. The zero-order chi connectivity index (χ0) is 26.0. The van der Waals surface area contributed by atoms with Gasteiger partial charge in [-0.05, 0) is 49.3 Å². The van der Waals surface area contributed by atoms with E-state index in [0.717, 1.165) is 50.3 Å². The van der Waals surface area contributed by atoms with Gasteiger partial charge in [0.2, 0.25) is 11.8 Å². The number of hydrogen-bond donors (Lipinski definition) is 3. The summed E-state index contributed by atoms with van der Waals surface area (Å²) in [6, 6.07) is 1.06. The third-order valence-corrected chi connectivity index (χ3v) is 6.19. The lowest BCUT2D eigenvalue weighted by atomic mass is 9.83. The number of aliphatic hydroxyl groups excluding tert-OH is 1. The predicted octanol–water partition coefficient (Wildman–Crippen LogP) is 3.42. The number of nitrogens with one attached hydrogen (secondary N) is 2. The minimum atomic E-state index is -1.52. The monoisotopic (exact) mass is 496 g/mol. The van der Waals surface area contributed by atoms with Crippen molar-refractivity contribution >= 4 is 17.8 Å². The molecule has 196 valence electrons. The molecule has 2 rings (SSSR count). The van der Waals surface area contributed by atoms with Crippen LogP contribution in [0.15, 0.2) is 18.2 Å². The van der Waals surface area contributed by atoms with Crippen LogP contribution in [0.2, 0.25) is 0 Å². The molecular formula is C26H38F2N2O5. The molecule has 0 aliphatic heterocycles. The van der Waals surface area contributed by atoms with E-state index in [1.54, 1.807) is 6.92 Å². The van der Waals surface area contributed by atoms with Gasteiger partial charge in [-0.25, -0.2) is 13.6 Å². The maximum atomic E-state index is 13.5. The first-order valence-corrected chi connectivity index (χ1v) is 12.5. The zero-order valence-electron chi connectivity index (χ0n) is 20.8. The van der Waals surface area contributed by atoms with E-state index >= 15 is 0 Å². The van der Waals surface area contributed by atoms with Crippen LogP contribution in [-0.4, -0.2) is 47.7 Å². The predicted molar refractivity (Wildman–Crippen MR) is 127 cm³/mol. The van der Waals surface area contributed by atoms with Gasteiger partial charge in [-0.15, -0.1) is 0 Å². The Morgan fingerprint density at radius 1 is 1.06 bits per heavy atom. The van der Waals surface area contributed by atoms with Crippen molar-refractivity contribution in [1.82, 2.24) is 10.6 Å². The summed E-state index contributed by atoms with van der Waals surface area (Å²) in [5.74, 6) is -3.16. The molecule has 0 saturated heterocycles. The molecule has 0 bridgehead atoms. The molecule has 0 radical (unpaired) electrons. The molecule has 3 N–H and O–H groups in total. The number of benzene rings is 1. The van der Waals surface area contributed by atoms with Gasteiger partial charge in [-0.3, -0.25) is 9.59 Å². The maximum absolute atomic E-state index is 13.5. The minimum Gasteiger partial charge on any atom is -0.464 e. The van der Waals surface area contributed by atoms with Gasteiger partial charge in [0, 0.05) is 6.07 Å². The smallest absolute Gasteiger partial charge is 0.337 e. The fraction of sp³-hybridized carbons (Fsp3) is 0.654. The van der Waals surface area contributed by atoms with Crippen molar-refractivity contribution < 1.29 is 33.0 Å². The quantitative estimate of drug-likeness (QED) is 0.385. The highest BCUT2D eigenvalue weighted by Crippen LogP contribution is 2.28. The van der Waals surface area contributed by atoms with E-state index in [-0.39, 0.29) is 30.4 Å². The van der Waals surface area contributed by atoms with Crippen LogP contribution >= 0.6 is 0 Å². The summed E-state index contributed by atoms with van der Waals surface area (Å²) >= 11 is 0. The van der Waals surface area contributed by atoms with E-state index in [9.17, 15) is 28.3 Å². The number of esters is 1. The van der Waals surface area contributed by atoms with Gasteiger partial charge < -0.3 is 20.5 Å². The molecule has 0 heterocycles. The SMILES string of the molecule is CCOC(=O)[C@H](O)[C@H](CC1CCCCC1)NC(=O)[C@H](CC(C)C)NC(=O)Cc1cc(F)cc(F)c1. The number of carbonyl (C=O) groups excluding carboxylic acids is 3. The zero-order valence-corrected chi connectivity index (χ0v) is 20.8. The number of ether oxygens (including phenoxy) is 1. The summed E-state index contributed by atoms with van der Waals surface area (Å²) < 4.78 is 31.9. The average Bonchev–Trinajstić information content (AvgIpc) is 2.77. The van der Waals surface area contributed by atoms with Crippen LogP contribution in [0, 0.1) is 23.5 Å². The van der Waals surface area contributed by atoms with Gasteiger partial charge in [0.1, 0.15) is 17.7 Å². The number of aliphatic hydroxyl groups is 1. The molecule has 2 amide bonds. The number of carbonyl (C=O) groups is 3. The van der Waals surface area contributed by atoms with Gasteiger partial charge in [0.15, 0.2) is 6.10 Å². The van der Waals surface area contributed by atoms with Crippen LogP contribution in [0.25, 0.3) is 0 Å². The van der Waals surface area contributed by atoms with Gasteiger partial charge in [0.25, 0.3) is 0 Å². The van der Waals surface area contributed by atoms with E-state index in [1.807, 2.05) is 13.8 Å². The summed E-state index contributed by atoms with van der Waals surface area (Å²) in [5.41, 5.74) is 0.150. The second kappa shape index (κ2) is 14.1. The molecular weight excluding hydrogens is 458 g/mol. The van der Waals surface area contributed by atoms with Crippen LogP contribution in [0.5, 0.6) is 0 Å². The molecule has 1 aliphatic rings. The first-order chi connectivity index (χ1) is 16.6. The average molecular weight is 497 g/mol. The lowest BCUT2D eigenvalue weighted by Crippen LogP contribution is -2.55. The molecule has 1 aliphatic carbocycles. The molecule has 9 heteroatoms. The Labute approximate surface area is 206 Å². The molecule has 0 aromatic heterocycles. The molecule has 0 unspecified atom stereocenters. The number of halogens is 2. The van der Waals surface area contributed by atoms with Gasteiger partial charge in [-0.2, -0.15) is 0 Å². The Morgan fingerprint density at radius 3 is 2.26 bits per heavy atom. The van der Waals surface area contributed by atoms with Crippen molar-refractivity contribution in [1.29, 1.82) is 0 Å². The van der Waals surface area contributed by atoms with Crippen LogP contribution in [0.1, 0.15) is 71.3 Å². The van der Waals surface area contributed by atoms with Crippen LogP contribution in [0.3, 0.4) is 0 Å². The van der Waals surface area contributed by atoms with Gasteiger partial charge in [0.05, 0.1) is 19.1 Å². The third kappa shape index (κ3) is 9.92. The van der Waals surface area contributed by atoms with Crippen molar-refractivity contribution in [2.75, 3.05) is 6.61 Å². The Kier molecular flexibility index (Phi) is 11.6. The lowest BCUT2D eigenvalue weighted by Gasteiger charge is -2.31. The fourth-order valence-electron chi connectivity index (χ4n) is 4.57. The summed E-state index contributed by atoms with van der Waals surface area (Å²) in [7, 11) is 0. The van der Waals surface area contributed by atoms with E-state index < -0.39 is 47.6 Å². The van der Waals surface area contributed by atoms with Crippen LogP contribution in [0.4, 0.5) is 8.78 Å². The standard InChI is InChI=1S/C26H38F2N2O5/c1-4-35-26(34)24(32)21(13-17-8-6-5-7-9-17)30-25(33)22(10-16(2)3)29-23(31)14-18-11-19(27)15-20(28)12-18/h11-12,15-17,21-22,24,32H,4-10,13-14H2,1-3H3,(H,29,31)(H,30,33)/t21-,22-,24+/m0/s1. The first kappa shape index (κ1) is 28.7. The molecule has 1 saturated carbocycles. The van der Waals surface area contributed by atoms with E-state index in [0.29, 0.717) is 12.8 Å². The van der Waals surface area contributed by atoms with Crippen LogP contribution < -0.4 is 10.6 Å². The van der Waals surface area contributed by atoms with E-state index in [4.69, 9.17) is 4.74 Å². The molecule has 7 nitrogen and oxygen atoms in total. The number of hydrogen-bond acceptors (Lipinski definition) is 5. The molecule has 35 heavy (non-hydrogen) atoms. The maximum Gasteiger partial charge on any atom is 0.337 e. The Balaban J connectivity index is 2.12. The highest BCUT2D eigenvalue weighted by atomic mass is 19.1. The van der Waals surface area contributed by atoms with E-state index in [2.05, 4.69) is 10.6 Å². The summed E-state index contributed by atoms with van der Waals surface area (Å²) in [5, 5.41) is 16.0. The largest absolute Gasteiger partial charge is 0.464 e. The molecule has 1 aromatic rings. The normalized spacial score (nSPS) is 16.9. The van der Waals surface area contributed by atoms with Crippen molar-refractivity contribution in [3.8, 4) is 0 Å². The van der Waals surface area contributed by atoms with Gasteiger partial charge in [-0.1, -0.05) is 46.0 Å². The van der Waals surface area contributed by atoms with Gasteiger partial charge >= 0.3 is 5.97 Å². The van der Waals surface area contributed by atoms with Crippen LogP contribution in [-0.2, 0) is 25.5 Å². The van der Waals surface area contributed by atoms with Crippen molar-refractivity contribution in [2.24, 2.45) is 11.8 Å². The second-order valence-corrected chi connectivity index (χ2v) is 9.76.